The third kappa shape index (κ3) is 14.0. The van der Waals surface area contributed by atoms with E-state index in [1.54, 1.807) is 0 Å². The summed E-state index contributed by atoms with van der Waals surface area (Å²) in [6.45, 7) is -15.4. The SMILES string of the molecule is FC(F)(F)COP(OCC(F)(F)F)(OCC(F)(F)F)(OCC(F)(F)F)OCC(F)(F)F. The fourth-order valence-corrected chi connectivity index (χ4v) is 3.80. The van der Waals surface area contributed by atoms with E-state index in [0.29, 0.717) is 0 Å². The molecule has 0 aliphatic heterocycles. The minimum atomic E-state index is -8.00. The molecule has 0 aromatic heterocycles. The fourth-order valence-electron chi connectivity index (χ4n) is 1.27. The quantitative estimate of drug-likeness (QED) is 0.258. The van der Waals surface area contributed by atoms with Crippen LogP contribution >= 0.6 is 7.74 Å². The Morgan fingerprint density at radius 3 is 0.548 bits per heavy atom. The van der Waals surface area contributed by atoms with Crippen molar-refractivity contribution in [1.82, 2.24) is 0 Å². The molecule has 0 amide bonds. The predicted octanol–water partition coefficient (Wildman–Crippen LogP) is 6.01. The fraction of sp³-hybridized carbons (Fsp3) is 1.00. The number of rotatable bonds is 10. The summed E-state index contributed by atoms with van der Waals surface area (Å²) in [5.41, 5.74) is 0. The van der Waals surface area contributed by atoms with Crippen molar-refractivity contribution < 1.29 is 88.5 Å². The van der Waals surface area contributed by atoms with Crippen LogP contribution in [0.4, 0.5) is 65.9 Å². The van der Waals surface area contributed by atoms with Gasteiger partial charge in [0.25, 0.3) is 0 Å². The molecule has 190 valence electrons. The maximum atomic E-state index is 12.4. The third-order valence-electron chi connectivity index (χ3n) is 2.20. The number of halogens is 15. The van der Waals surface area contributed by atoms with Gasteiger partial charge in [-0.25, -0.2) is 0 Å². The summed E-state index contributed by atoms with van der Waals surface area (Å²) in [4.78, 5) is 0. The molecule has 0 aliphatic carbocycles. The van der Waals surface area contributed by atoms with E-state index in [1.165, 1.54) is 0 Å². The van der Waals surface area contributed by atoms with Gasteiger partial charge in [0.2, 0.25) is 0 Å². The molecule has 0 N–H and O–H groups in total. The van der Waals surface area contributed by atoms with Gasteiger partial charge < -0.3 is 0 Å². The van der Waals surface area contributed by atoms with Crippen LogP contribution in [0.2, 0.25) is 0 Å². The second-order valence-electron chi connectivity index (χ2n) is 5.19. The first-order valence-electron chi connectivity index (χ1n) is 6.96. The first-order chi connectivity index (χ1) is 13.3. The van der Waals surface area contributed by atoms with Gasteiger partial charge in [0.05, 0.1) is 0 Å². The zero-order valence-corrected chi connectivity index (χ0v) is 15.1. The van der Waals surface area contributed by atoms with Gasteiger partial charge in [0, 0.05) is 0 Å². The Kier molecular flexibility index (Phi) is 9.33. The van der Waals surface area contributed by atoms with Crippen molar-refractivity contribution in [2.75, 3.05) is 33.0 Å². The normalized spacial score (nSPS) is 16.3. The summed E-state index contributed by atoms with van der Waals surface area (Å²) in [5.74, 6) is 0. The Labute approximate surface area is 161 Å². The van der Waals surface area contributed by atoms with Crippen molar-refractivity contribution in [3.63, 3.8) is 0 Å². The molecule has 0 radical (unpaired) electrons. The molecular formula is C10H10F15O5P. The Hall–Kier alpha value is -0.820. The molecule has 5 nitrogen and oxygen atoms in total. The van der Waals surface area contributed by atoms with Gasteiger partial charge in [0.1, 0.15) is 0 Å². The van der Waals surface area contributed by atoms with Crippen LogP contribution in [0.3, 0.4) is 0 Å². The van der Waals surface area contributed by atoms with E-state index < -0.39 is 71.7 Å². The topological polar surface area (TPSA) is 46.2 Å². The van der Waals surface area contributed by atoms with E-state index in [-0.39, 0.29) is 0 Å². The van der Waals surface area contributed by atoms with Crippen molar-refractivity contribution in [3.8, 4) is 0 Å². The summed E-state index contributed by atoms with van der Waals surface area (Å²) < 4.78 is 204. The van der Waals surface area contributed by atoms with Crippen LogP contribution in [-0.2, 0) is 22.6 Å². The molecule has 0 saturated heterocycles. The van der Waals surface area contributed by atoms with Gasteiger partial charge in [-0.05, 0) is 0 Å². The van der Waals surface area contributed by atoms with Crippen molar-refractivity contribution in [2.24, 2.45) is 0 Å². The van der Waals surface area contributed by atoms with Gasteiger partial charge >= 0.3 is 160 Å². The van der Waals surface area contributed by atoms with E-state index in [4.69, 9.17) is 0 Å². The number of hydrogen-bond donors (Lipinski definition) is 0. The van der Waals surface area contributed by atoms with Crippen LogP contribution in [0.25, 0.3) is 0 Å². The average molecular weight is 526 g/mol. The van der Waals surface area contributed by atoms with Gasteiger partial charge in [-0.3, -0.25) is 0 Å². The van der Waals surface area contributed by atoms with Gasteiger partial charge in [-0.2, -0.15) is 0 Å². The van der Waals surface area contributed by atoms with Crippen molar-refractivity contribution in [3.05, 3.63) is 0 Å². The Bertz CT molecular complexity index is 441. The number of hydrogen-bond acceptors (Lipinski definition) is 5. The van der Waals surface area contributed by atoms with Crippen LogP contribution in [0.5, 0.6) is 0 Å². The summed E-state index contributed by atoms with van der Waals surface area (Å²) in [5, 5.41) is 0. The summed E-state index contributed by atoms with van der Waals surface area (Å²) in [6, 6.07) is 0. The standard InChI is InChI=1S/C10H10F15O5P/c11-6(12,13)1-26-31(27-2-7(14,15)16,28-3-8(17,18)19,29-4-9(20,21)22)30-5-10(23,24)25/h1-5H2. The van der Waals surface area contributed by atoms with Crippen LogP contribution in [0.1, 0.15) is 0 Å². The maximum absolute atomic E-state index is 12.4. The molecule has 0 spiro atoms. The van der Waals surface area contributed by atoms with Crippen LogP contribution in [0, 0.1) is 0 Å². The Balaban J connectivity index is 6.53. The molecule has 0 fully saturated rings. The minimum absolute atomic E-state index is 3.07. The molecular weight excluding hydrogens is 516 g/mol. The third-order valence-corrected chi connectivity index (χ3v) is 4.95. The van der Waals surface area contributed by atoms with Gasteiger partial charge in [-0.15, -0.1) is 0 Å². The molecule has 0 rings (SSSR count). The second-order valence-corrected chi connectivity index (χ2v) is 7.97. The van der Waals surface area contributed by atoms with Crippen LogP contribution in [0.15, 0.2) is 0 Å². The Morgan fingerprint density at radius 2 is 0.452 bits per heavy atom. The van der Waals surface area contributed by atoms with E-state index in [1.807, 2.05) is 0 Å². The molecule has 0 saturated carbocycles. The molecule has 0 atom stereocenters. The molecule has 0 aromatic rings. The molecule has 0 aliphatic rings. The second kappa shape index (κ2) is 9.58. The zero-order valence-electron chi connectivity index (χ0n) is 14.2. The molecule has 0 unspecified atom stereocenters. The van der Waals surface area contributed by atoms with Gasteiger partial charge in [0.15, 0.2) is 0 Å². The average Bonchev–Trinajstić information content (AvgIpc) is 2.49. The van der Waals surface area contributed by atoms with Crippen LogP contribution < -0.4 is 0 Å². The Morgan fingerprint density at radius 1 is 0.323 bits per heavy atom. The van der Waals surface area contributed by atoms with Gasteiger partial charge in [-0.1, -0.05) is 0 Å². The summed E-state index contributed by atoms with van der Waals surface area (Å²) in [6.07, 6.45) is -28.7. The monoisotopic (exact) mass is 526 g/mol. The summed E-state index contributed by atoms with van der Waals surface area (Å²) >= 11 is 0. The van der Waals surface area contributed by atoms with E-state index in [2.05, 4.69) is 22.6 Å². The van der Waals surface area contributed by atoms with E-state index in [9.17, 15) is 65.9 Å². The van der Waals surface area contributed by atoms with Crippen molar-refractivity contribution in [2.45, 2.75) is 30.9 Å². The molecule has 21 heteroatoms. The molecule has 0 heterocycles. The van der Waals surface area contributed by atoms with E-state index >= 15 is 0 Å². The molecule has 0 aromatic carbocycles. The molecule has 0 bridgehead atoms. The first kappa shape index (κ1) is 30.2. The predicted molar refractivity (Wildman–Crippen MR) is 67.0 cm³/mol. The van der Waals surface area contributed by atoms with Crippen molar-refractivity contribution >= 4 is 7.74 Å². The van der Waals surface area contributed by atoms with Crippen molar-refractivity contribution in [1.29, 1.82) is 0 Å². The first-order valence-corrected chi connectivity index (χ1v) is 8.78. The van der Waals surface area contributed by atoms with Crippen LogP contribution in [-0.4, -0.2) is 63.9 Å². The molecule has 31 heavy (non-hydrogen) atoms. The van der Waals surface area contributed by atoms with E-state index in [0.717, 1.165) is 0 Å². The summed E-state index contributed by atoms with van der Waals surface area (Å²) in [7, 11) is -8.00. The zero-order chi connectivity index (χ0) is 25.0. The number of alkyl halides is 15.